The SMILES string of the molecule is NC[C@H]1C[C@@H]1CN1CCN(c2nsc3ccccc23)CC1. The van der Waals surface area contributed by atoms with Crippen LogP contribution in [0.15, 0.2) is 24.3 Å². The Hall–Kier alpha value is -1.17. The Morgan fingerprint density at radius 2 is 1.95 bits per heavy atom. The van der Waals surface area contributed by atoms with E-state index in [9.17, 15) is 0 Å². The molecule has 0 bridgehead atoms. The van der Waals surface area contributed by atoms with Crippen molar-refractivity contribution < 1.29 is 0 Å². The molecule has 5 heteroatoms. The van der Waals surface area contributed by atoms with E-state index in [0.29, 0.717) is 0 Å². The first-order valence-electron chi connectivity index (χ1n) is 7.87. The molecule has 112 valence electrons. The second kappa shape index (κ2) is 5.55. The van der Waals surface area contributed by atoms with Gasteiger partial charge in [-0.1, -0.05) is 12.1 Å². The maximum atomic E-state index is 5.73. The molecule has 1 aliphatic heterocycles. The third kappa shape index (κ3) is 2.65. The molecule has 2 heterocycles. The van der Waals surface area contributed by atoms with E-state index in [1.807, 2.05) is 0 Å². The van der Waals surface area contributed by atoms with Gasteiger partial charge in [-0.2, -0.15) is 4.37 Å². The molecule has 4 rings (SSSR count). The molecule has 1 saturated heterocycles. The summed E-state index contributed by atoms with van der Waals surface area (Å²) in [6.07, 6.45) is 1.34. The summed E-state index contributed by atoms with van der Waals surface area (Å²) in [4.78, 5) is 5.05. The molecule has 0 spiro atoms. The van der Waals surface area contributed by atoms with Crippen LogP contribution >= 0.6 is 11.5 Å². The number of anilines is 1. The Balaban J connectivity index is 1.39. The maximum absolute atomic E-state index is 5.73. The molecule has 2 aromatic rings. The van der Waals surface area contributed by atoms with Gasteiger partial charge in [0, 0.05) is 38.1 Å². The fourth-order valence-electron chi connectivity index (χ4n) is 3.40. The Morgan fingerprint density at radius 1 is 1.14 bits per heavy atom. The Morgan fingerprint density at radius 3 is 2.71 bits per heavy atom. The van der Waals surface area contributed by atoms with E-state index in [1.165, 1.54) is 28.9 Å². The highest BCUT2D eigenvalue weighted by Crippen LogP contribution is 2.38. The van der Waals surface area contributed by atoms with Gasteiger partial charge in [-0.15, -0.1) is 0 Å². The van der Waals surface area contributed by atoms with Crippen molar-refractivity contribution in [3.8, 4) is 0 Å². The minimum Gasteiger partial charge on any atom is -0.353 e. The van der Waals surface area contributed by atoms with Crippen LogP contribution in [0.5, 0.6) is 0 Å². The van der Waals surface area contributed by atoms with Crippen LogP contribution in [0, 0.1) is 11.8 Å². The summed E-state index contributed by atoms with van der Waals surface area (Å²) < 4.78 is 5.97. The summed E-state index contributed by atoms with van der Waals surface area (Å²) in [5.74, 6) is 2.84. The highest BCUT2D eigenvalue weighted by Gasteiger charge is 2.37. The van der Waals surface area contributed by atoms with Gasteiger partial charge >= 0.3 is 0 Å². The number of piperazine rings is 1. The number of nitrogens with two attached hydrogens (primary N) is 1. The molecule has 0 amide bonds. The lowest BCUT2D eigenvalue weighted by Crippen LogP contribution is -2.47. The Kier molecular flexibility index (Phi) is 3.57. The van der Waals surface area contributed by atoms with Crippen molar-refractivity contribution in [1.29, 1.82) is 0 Å². The summed E-state index contributed by atoms with van der Waals surface area (Å²) >= 11 is 1.61. The number of fused-ring (bicyclic) bond motifs is 1. The monoisotopic (exact) mass is 302 g/mol. The molecule has 21 heavy (non-hydrogen) atoms. The van der Waals surface area contributed by atoms with Gasteiger partial charge in [0.25, 0.3) is 0 Å². The van der Waals surface area contributed by atoms with E-state index in [-0.39, 0.29) is 0 Å². The van der Waals surface area contributed by atoms with E-state index in [0.717, 1.165) is 44.6 Å². The lowest BCUT2D eigenvalue weighted by Gasteiger charge is -2.35. The summed E-state index contributed by atoms with van der Waals surface area (Å²) in [6, 6.07) is 8.55. The predicted octanol–water partition coefficient (Wildman–Crippen LogP) is 2.01. The molecule has 2 fully saturated rings. The van der Waals surface area contributed by atoms with Crippen molar-refractivity contribution >= 4 is 27.4 Å². The van der Waals surface area contributed by atoms with Crippen LogP contribution in [-0.4, -0.2) is 48.5 Å². The quantitative estimate of drug-likeness (QED) is 0.938. The zero-order chi connectivity index (χ0) is 14.2. The van der Waals surface area contributed by atoms with Crippen LogP contribution in [0.2, 0.25) is 0 Å². The first-order valence-corrected chi connectivity index (χ1v) is 8.64. The molecule has 1 aliphatic carbocycles. The Bertz CT molecular complexity index is 618. The average molecular weight is 302 g/mol. The molecule has 1 aromatic heterocycles. The Labute approximate surface area is 129 Å². The normalized spacial score (nSPS) is 26.4. The van der Waals surface area contributed by atoms with Crippen molar-refractivity contribution in [3.63, 3.8) is 0 Å². The van der Waals surface area contributed by atoms with Crippen LogP contribution < -0.4 is 10.6 Å². The number of rotatable bonds is 4. The van der Waals surface area contributed by atoms with Gasteiger partial charge in [0.05, 0.1) is 4.70 Å². The minimum absolute atomic E-state index is 0.797. The predicted molar refractivity (Wildman–Crippen MR) is 88.9 cm³/mol. The van der Waals surface area contributed by atoms with E-state index < -0.39 is 0 Å². The number of hydrogen-bond donors (Lipinski definition) is 1. The summed E-state index contributed by atoms with van der Waals surface area (Å²) in [5.41, 5.74) is 5.73. The van der Waals surface area contributed by atoms with Crippen LogP contribution in [-0.2, 0) is 0 Å². The average Bonchev–Trinajstić information content (AvgIpc) is 3.14. The minimum atomic E-state index is 0.797. The molecular formula is C16H22N4S. The fourth-order valence-corrected chi connectivity index (χ4v) is 4.19. The van der Waals surface area contributed by atoms with E-state index >= 15 is 0 Å². The van der Waals surface area contributed by atoms with Crippen molar-refractivity contribution in [2.75, 3.05) is 44.2 Å². The van der Waals surface area contributed by atoms with E-state index in [4.69, 9.17) is 5.73 Å². The first-order chi connectivity index (χ1) is 10.3. The molecule has 4 nitrogen and oxygen atoms in total. The molecule has 1 saturated carbocycles. The zero-order valence-corrected chi connectivity index (χ0v) is 13.1. The summed E-state index contributed by atoms with van der Waals surface area (Å²) in [5, 5.41) is 1.31. The summed E-state index contributed by atoms with van der Waals surface area (Å²) in [6.45, 7) is 6.60. The second-order valence-electron chi connectivity index (χ2n) is 6.28. The smallest absolute Gasteiger partial charge is 0.150 e. The highest BCUT2D eigenvalue weighted by molar-refractivity contribution is 7.13. The van der Waals surface area contributed by atoms with Gasteiger partial charge in [-0.3, -0.25) is 4.90 Å². The maximum Gasteiger partial charge on any atom is 0.150 e. The number of aromatic nitrogens is 1. The topological polar surface area (TPSA) is 45.4 Å². The number of nitrogens with zero attached hydrogens (tertiary/aromatic N) is 3. The first kappa shape index (κ1) is 13.5. The lowest BCUT2D eigenvalue weighted by atomic mass is 10.2. The van der Waals surface area contributed by atoms with Gasteiger partial charge in [0.1, 0.15) is 5.82 Å². The second-order valence-corrected chi connectivity index (χ2v) is 7.09. The molecule has 2 aliphatic rings. The van der Waals surface area contributed by atoms with Crippen LogP contribution in [0.3, 0.4) is 0 Å². The molecule has 2 atom stereocenters. The van der Waals surface area contributed by atoms with Crippen molar-refractivity contribution in [2.24, 2.45) is 17.6 Å². The highest BCUT2D eigenvalue weighted by atomic mass is 32.1. The van der Waals surface area contributed by atoms with Crippen molar-refractivity contribution in [2.45, 2.75) is 6.42 Å². The van der Waals surface area contributed by atoms with Gasteiger partial charge in [-0.25, -0.2) is 0 Å². The van der Waals surface area contributed by atoms with Crippen LogP contribution in [0.1, 0.15) is 6.42 Å². The molecule has 1 aromatic carbocycles. The van der Waals surface area contributed by atoms with Crippen molar-refractivity contribution in [1.82, 2.24) is 9.27 Å². The van der Waals surface area contributed by atoms with Gasteiger partial charge < -0.3 is 10.6 Å². The van der Waals surface area contributed by atoms with Gasteiger partial charge in [0.2, 0.25) is 0 Å². The molecule has 0 unspecified atom stereocenters. The fraction of sp³-hybridized carbons (Fsp3) is 0.562. The summed E-state index contributed by atoms with van der Waals surface area (Å²) in [7, 11) is 0. The van der Waals surface area contributed by atoms with E-state index in [2.05, 4.69) is 38.4 Å². The lowest BCUT2D eigenvalue weighted by molar-refractivity contribution is 0.244. The van der Waals surface area contributed by atoms with Crippen molar-refractivity contribution in [3.05, 3.63) is 24.3 Å². The molecule has 2 N–H and O–H groups in total. The van der Waals surface area contributed by atoms with E-state index in [1.54, 1.807) is 11.5 Å². The number of hydrogen-bond acceptors (Lipinski definition) is 5. The van der Waals surface area contributed by atoms with Crippen LogP contribution in [0.25, 0.3) is 10.1 Å². The largest absolute Gasteiger partial charge is 0.353 e. The standard InChI is InChI=1S/C16H22N4S/c17-10-12-9-13(12)11-19-5-7-20(8-6-19)16-14-3-1-2-4-15(14)21-18-16/h1-4,12-13H,5-11,17H2/t12-,13-/m1/s1. The third-order valence-electron chi connectivity index (χ3n) is 4.89. The molecular weight excluding hydrogens is 280 g/mol. The van der Waals surface area contributed by atoms with Gasteiger partial charge in [0.15, 0.2) is 0 Å². The number of benzene rings is 1. The third-order valence-corrected chi connectivity index (χ3v) is 5.71. The zero-order valence-electron chi connectivity index (χ0n) is 12.2. The van der Waals surface area contributed by atoms with Crippen LogP contribution in [0.4, 0.5) is 5.82 Å². The molecule has 0 radical (unpaired) electrons. The van der Waals surface area contributed by atoms with Gasteiger partial charge in [-0.05, 0) is 48.5 Å².